The third-order valence-electron chi connectivity index (χ3n) is 4.37. The molecule has 0 aromatic heterocycles. The van der Waals surface area contributed by atoms with E-state index in [0.29, 0.717) is 12.1 Å². The van der Waals surface area contributed by atoms with Crippen LogP contribution in [0.5, 0.6) is 0 Å². The quantitative estimate of drug-likeness (QED) is 0.822. The standard InChI is InChI=1S/C15H29N3O/c1-2-11-18(14-9-6-10-16-12-14)15(19)17-13-7-4-3-5-8-13/h13-14,16H,2-12H2,1H3,(H,17,19). The van der Waals surface area contributed by atoms with E-state index in [9.17, 15) is 4.79 Å². The van der Waals surface area contributed by atoms with Crippen LogP contribution >= 0.6 is 0 Å². The van der Waals surface area contributed by atoms with Crippen molar-refractivity contribution in [2.45, 2.75) is 70.4 Å². The Bertz CT molecular complexity index is 271. The summed E-state index contributed by atoms with van der Waals surface area (Å²) in [5, 5.41) is 6.67. The minimum absolute atomic E-state index is 0.169. The summed E-state index contributed by atoms with van der Waals surface area (Å²) >= 11 is 0. The molecule has 0 bridgehead atoms. The highest BCUT2D eigenvalue weighted by molar-refractivity contribution is 5.75. The number of nitrogens with one attached hydrogen (secondary N) is 2. The van der Waals surface area contributed by atoms with Gasteiger partial charge in [-0.25, -0.2) is 4.79 Å². The third kappa shape index (κ3) is 4.37. The van der Waals surface area contributed by atoms with Gasteiger partial charge < -0.3 is 15.5 Å². The molecule has 2 N–H and O–H groups in total. The zero-order valence-electron chi connectivity index (χ0n) is 12.3. The molecule has 1 atom stereocenters. The summed E-state index contributed by atoms with van der Waals surface area (Å²) in [4.78, 5) is 14.6. The van der Waals surface area contributed by atoms with Crippen LogP contribution in [0.4, 0.5) is 4.79 Å². The molecule has 4 heteroatoms. The Hall–Kier alpha value is -0.770. The molecule has 4 nitrogen and oxygen atoms in total. The fraction of sp³-hybridized carbons (Fsp3) is 0.933. The van der Waals surface area contributed by atoms with Gasteiger partial charge in [0, 0.05) is 25.2 Å². The summed E-state index contributed by atoms with van der Waals surface area (Å²) in [6, 6.07) is 0.969. The summed E-state index contributed by atoms with van der Waals surface area (Å²) in [6.07, 6.45) is 9.55. The van der Waals surface area contributed by atoms with Crippen molar-refractivity contribution in [2.75, 3.05) is 19.6 Å². The first kappa shape index (κ1) is 14.6. The van der Waals surface area contributed by atoms with E-state index in [1.807, 2.05) is 0 Å². The first-order valence-corrected chi connectivity index (χ1v) is 8.09. The van der Waals surface area contributed by atoms with Gasteiger partial charge in [-0.05, 0) is 38.6 Å². The summed E-state index contributed by atoms with van der Waals surface area (Å²) < 4.78 is 0. The monoisotopic (exact) mass is 267 g/mol. The largest absolute Gasteiger partial charge is 0.335 e. The number of carbonyl (C=O) groups excluding carboxylic acids is 1. The number of hydrogen-bond donors (Lipinski definition) is 2. The number of rotatable bonds is 4. The maximum absolute atomic E-state index is 12.5. The smallest absolute Gasteiger partial charge is 0.317 e. The maximum Gasteiger partial charge on any atom is 0.317 e. The van der Waals surface area contributed by atoms with Crippen LogP contribution in [-0.2, 0) is 0 Å². The maximum atomic E-state index is 12.5. The summed E-state index contributed by atoms with van der Waals surface area (Å²) in [5.41, 5.74) is 0. The Balaban J connectivity index is 1.87. The third-order valence-corrected chi connectivity index (χ3v) is 4.37. The van der Waals surface area contributed by atoms with Crippen LogP contribution in [0, 0.1) is 0 Å². The molecule has 2 amide bonds. The number of amides is 2. The molecule has 1 heterocycles. The number of piperidine rings is 1. The lowest BCUT2D eigenvalue weighted by Gasteiger charge is -2.36. The van der Waals surface area contributed by atoms with Crippen molar-refractivity contribution in [1.29, 1.82) is 0 Å². The van der Waals surface area contributed by atoms with E-state index in [2.05, 4.69) is 22.5 Å². The van der Waals surface area contributed by atoms with E-state index in [-0.39, 0.29) is 6.03 Å². The van der Waals surface area contributed by atoms with Gasteiger partial charge >= 0.3 is 6.03 Å². The molecule has 1 aliphatic heterocycles. The van der Waals surface area contributed by atoms with Gasteiger partial charge in [-0.2, -0.15) is 0 Å². The van der Waals surface area contributed by atoms with Gasteiger partial charge in [0.15, 0.2) is 0 Å². The van der Waals surface area contributed by atoms with E-state index >= 15 is 0 Å². The fourth-order valence-corrected chi connectivity index (χ4v) is 3.29. The molecule has 1 saturated carbocycles. The van der Waals surface area contributed by atoms with Crippen LogP contribution in [0.15, 0.2) is 0 Å². The fourth-order valence-electron chi connectivity index (χ4n) is 3.29. The molecule has 0 aromatic carbocycles. The summed E-state index contributed by atoms with van der Waals surface area (Å²) in [5.74, 6) is 0. The van der Waals surface area contributed by atoms with Crippen LogP contribution in [0.3, 0.4) is 0 Å². The Morgan fingerprint density at radius 3 is 2.63 bits per heavy atom. The normalized spacial score (nSPS) is 25.0. The van der Waals surface area contributed by atoms with Crippen molar-refractivity contribution < 1.29 is 4.79 Å². The molecule has 2 aliphatic rings. The van der Waals surface area contributed by atoms with Crippen molar-refractivity contribution in [3.63, 3.8) is 0 Å². The molecule has 2 fully saturated rings. The molecule has 0 aromatic rings. The Labute approximate surface area is 117 Å². The van der Waals surface area contributed by atoms with Crippen molar-refractivity contribution in [1.82, 2.24) is 15.5 Å². The summed E-state index contributed by atoms with van der Waals surface area (Å²) in [7, 11) is 0. The first-order chi connectivity index (χ1) is 9.31. The zero-order valence-corrected chi connectivity index (χ0v) is 12.3. The van der Waals surface area contributed by atoms with E-state index < -0.39 is 0 Å². The highest BCUT2D eigenvalue weighted by Crippen LogP contribution is 2.18. The number of carbonyl (C=O) groups is 1. The Kier molecular flexibility index (Phi) is 5.95. The average molecular weight is 267 g/mol. The molecule has 110 valence electrons. The van der Waals surface area contributed by atoms with Gasteiger partial charge in [-0.1, -0.05) is 26.2 Å². The molecule has 0 spiro atoms. The van der Waals surface area contributed by atoms with Crippen LogP contribution < -0.4 is 10.6 Å². The second kappa shape index (κ2) is 7.73. The van der Waals surface area contributed by atoms with Crippen LogP contribution in [0.2, 0.25) is 0 Å². The van der Waals surface area contributed by atoms with E-state index in [0.717, 1.165) is 45.3 Å². The second-order valence-electron chi connectivity index (χ2n) is 5.98. The molecule has 0 radical (unpaired) electrons. The molecule has 2 rings (SSSR count). The minimum atomic E-state index is 0.169. The van der Waals surface area contributed by atoms with E-state index in [1.54, 1.807) is 0 Å². The first-order valence-electron chi connectivity index (χ1n) is 8.09. The zero-order chi connectivity index (χ0) is 13.5. The lowest BCUT2D eigenvalue weighted by atomic mass is 9.95. The van der Waals surface area contributed by atoms with Crippen molar-refractivity contribution in [3.8, 4) is 0 Å². The lowest BCUT2D eigenvalue weighted by molar-refractivity contribution is 0.155. The SMILES string of the molecule is CCCN(C(=O)NC1CCCCC1)C1CCCNC1. The van der Waals surface area contributed by atoms with Gasteiger partial charge in [0.2, 0.25) is 0 Å². The topological polar surface area (TPSA) is 44.4 Å². The van der Waals surface area contributed by atoms with Gasteiger partial charge in [-0.15, -0.1) is 0 Å². The Morgan fingerprint density at radius 1 is 1.21 bits per heavy atom. The van der Waals surface area contributed by atoms with E-state index in [1.165, 1.54) is 25.7 Å². The highest BCUT2D eigenvalue weighted by atomic mass is 16.2. The minimum Gasteiger partial charge on any atom is -0.335 e. The average Bonchev–Trinajstić information content (AvgIpc) is 2.46. The number of nitrogens with zero attached hydrogens (tertiary/aromatic N) is 1. The van der Waals surface area contributed by atoms with Gasteiger partial charge in [-0.3, -0.25) is 0 Å². The van der Waals surface area contributed by atoms with Crippen molar-refractivity contribution in [3.05, 3.63) is 0 Å². The Morgan fingerprint density at radius 2 is 2.00 bits per heavy atom. The lowest BCUT2D eigenvalue weighted by Crippen LogP contribution is -2.54. The molecule has 1 aliphatic carbocycles. The summed E-state index contributed by atoms with van der Waals surface area (Å²) in [6.45, 7) is 5.08. The van der Waals surface area contributed by atoms with Crippen molar-refractivity contribution >= 4 is 6.03 Å². The molecule has 1 saturated heterocycles. The van der Waals surface area contributed by atoms with Gasteiger partial charge in [0.25, 0.3) is 0 Å². The van der Waals surface area contributed by atoms with Crippen LogP contribution in [-0.4, -0.2) is 42.6 Å². The van der Waals surface area contributed by atoms with Gasteiger partial charge in [0.1, 0.15) is 0 Å². The predicted molar refractivity (Wildman–Crippen MR) is 78.3 cm³/mol. The number of hydrogen-bond acceptors (Lipinski definition) is 2. The van der Waals surface area contributed by atoms with Gasteiger partial charge in [0.05, 0.1) is 0 Å². The van der Waals surface area contributed by atoms with Crippen LogP contribution in [0.25, 0.3) is 0 Å². The molecule has 1 unspecified atom stereocenters. The molecular weight excluding hydrogens is 238 g/mol. The van der Waals surface area contributed by atoms with Crippen molar-refractivity contribution in [2.24, 2.45) is 0 Å². The second-order valence-corrected chi connectivity index (χ2v) is 5.98. The van der Waals surface area contributed by atoms with E-state index in [4.69, 9.17) is 0 Å². The molecule has 19 heavy (non-hydrogen) atoms. The molecular formula is C15H29N3O. The number of urea groups is 1. The highest BCUT2D eigenvalue weighted by Gasteiger charge is 2.26. The predicted octanol–water partition coefficient (Wildman–Crippen LogP) is 2.49. The van der Waals surface area contributed by atoms with Crippen LogP contribution in [0.1, 0.15) is 58.3 Å².